The Morgan fingerprint density at radius 2 is 0.442 bits per heavy atom. The van der Waals surface area contributed by atoms with Crippen LogP contribution in [0.4, 0.5) is 0 Å². The van der Waals surface area contributed by atoms with Gasteiger partial charge in [0.05, 0.1) is 101 Å². The first-order valence-corrected chi connectivity index (χ1v) is 14.1. The fourth-order valence-corrected chi connectivity index (χ4v) is 7.90. The summed E-state index contributed by atoms with van der Waals surface area (Å²) in [6.45, 7) is 0. The molecule has 236 valence electrons. The standard InChI is InChI=1S/C30H39O12P/c1-31-16-13-17(32-2)23(38-8)28(22(16)37-7)43(29-24(39-9)18(33-3)14-19(34-4)25(29)40-10)30-26(41-11)20(35-5)15-21(36-6)27(30)42-12/h13-15H,1-12H3. The Kier molecular flexibility index (Phi) is 11.4. The Hall–Kier alpha value is -4.31. The molecule has 0 spiro atoms. The average Bonchev–Trinajstić information content (AvgIpc) is 3.05. The van der Waals surface area contributed by atoms with E-state index in [-0.39, 0.29) is 0 Å². The second-order valence-electron chi connectivity index (χ2n) is 8.42. The number of methoxy groups -OCH3 is 12. The second-order valence-corrected chi connectivity index (χ2v) is 10.4. The van der Waals surface area contributed by atoms with E-state index < -0.39 is 7.92 Å². The van der Waals surface area contributed by atoms with Crippen LogP contribution in [-0.2, 0) is 0 Å². The number of hydrogen-bond donors (Lipinski definition) is 0. The van der Waals surface area contributed by atoms with Gasteiger partial charge in [-0.3, -0.25) is 0 Å². The maximum Gasteiger partial charge on any atom is 0.173 e. The Bertz CT molecular complexity index is 1160. The van der Waals surface area contributed by atoms with Crippen LogP contribution in [0.1, 0.15) is 0 Å². The van der Waals surface area contributed by atoms with Gasteiger partial charge in [0.25, 0.3) is 0 Å². The molecule has 0 aliphatic rings. The van der Waals surface area contributed by atoms with Crippen molar-refractivity contribution in [3.05, 3.63) is 18.2 Å². The number of ether oxygens (including phenoxy) is 12. The van der Waals surface area contributed by atoms with Crippen LogP contribution in [0.15, 0.2) is 18.2 Å². The molecular formula is C30H39O12P. The largest absolute Gasteiger partial charge is 0.493 e. The smallest absolute Gasteiger partial charge is 0.173 e. The van der Waals surface area contributed by atoms with Crippen LogP contribution in [0, 0.1) is 0 Å². The maximum absolute atomic E-state index is 6.02. The Morgan fingerprint density at radius 3 is 0.558 bits per heavy atom. The van der Waals surface area contributed by atoms with Gasteiger partial charge in [0.2, 0.25) is 0 Å². The first kappa shape index (κ1) is 33.2. The lowest BCUT2D eigenvalue weighted by Gasteiger charge is -2.31. The lowest BCUT2D eigenvalue weighted by atomic mass is 10.2. The molecule has 0 atom stereocenters. The minimum absolute atomic E-state index is 0.350. The third kappa shape index (κ3) is 5.71. The highest BCUT2D eigenvalue weighted by atomic mass is 31.1. The van der Waals surface area contributed by atoms with Crippen molar-refractivity contribution in [2.45, 2.75) is 0 Å². The molecule has 13 heteroatoms. The highest BCUT2D eigenvalue weighted by Gasteiger charge is 2.41. The summed E-state index contributed by atoms with van der Waals surface area (Å²) in [5.41, 5.74) is 0. The molecule has 0 aromatic heterocycles. The van der Waals surface area contributed by atoms with Gasteiger partial charge in [0.15, 0.2) is 69.0 Å². The summed E-state index contributed by atoms with van der Waals surface area (Å²) >= 11 is 0. The van der Waals surface area contributed by atoms with Gasteiger partial charge in [-0.25, -0.2) is 0 Å². The first-order chi connectivity index (χ1) is 20.8. The summed E-state index contributed by atoms with van der Waals surface area (Å²) in [6, 6.07) is 5.03. The first-order valence-electron chi connectivity index (χ1n) is 12.8. The molecule has 0 unspecified atom stereocenters. The van der Waals surface area contributed by atoms with Crippen LogP contribution in [0.3, 0.4) is 0 Å². The lowest BCUT2D eigenvalue weighted by Crippen LogP contribution is -2.29. The molecule has 0 saturated carbocycles. The van der Waals surface area contributed by atoms with E-state index in [9.17, 15) is 0 Å². The summed E-state index contributed by atoms with van der Waals surface area (Å²) in [5, 5.41) is 1.53. The third-order valence-corrected chi connectivity index (χ3v) is 9.20. The van der Waals surface area contributed by atoms with Crippen molar-refractivity contribution >= 4 is 23.8 Å². The van der Waals surface area contributed by atoms with Crippen molar-refractivity contribution in [3.8, 4) is 69.0 Å². The molecular weight excluding hydrogens is 583 g/mol. The molecule has 0 saturated heterocycles. The minimum Gasteiger partial charge on any atom is -0.493 e. The van der Waals surface area contributed by atoms with Gasteiger partial charge in [0.1, 0.15) is 0 Å². The molecule has 0 amide bonds. The van der Waals surface area contributed by atoms with E-state index in [0.29, 0.717) is 84.9 Å². The summed E-state index contributed by atoms with van der Waals surface area (Å²) in [5.74, 6) is 4.37. The molecule has 43 heavy (non-hydrogen) atoms. The zero-order valence-corrected chi connectivity index (χ0v) is 27.5. The highest BCUT2D eigenvalue weighted by molar-refractivity contribution is 7.81. The van der Waals surface area contributed by atoms with Crippen LogP contribution in [0.2, 0.25) is 0 Å². The lowest BCUT2D eigenvalue weighted by molar-refractivity contribution is 0.331. The molecule has 12 nitrogen and oxygen atoms in total. The summed E-state index contributed by atoms with van der Waals surface area (Å²) in [6.07, 6.45) is 0. The molecule has 0 aliphatic carbocycles. The number of benzene rings is 3. The summed E-state index contributed by atoms with van der Waals surface area (Å²) in [4.78, 5) is 0. The second kappa shape index (κ2) is 14.7. The van der Waals surface area contributed by atoms with Gasteiger partial charge in [-0.05, 0) is 0 Å². The van der Waals surface area contributed by atoms with Gasteiger partial charge >= 0.3 is 0 Å². The fourth-order valence-electron chi connectivity index (χ4n) is 4.80. The molecule has 0 aliphatic heterocycles. The zero-order valence-electron chi connectivity index (χ0n) is 26.6. The van der Waals surface area contributed by atoms with Crippen molar-refractivity contribution in [1.82, 2.24) is 0 Å². The predicted molar refractivity (Wildman–Crippen MR) is 164 cm³/mol. The third-order valence-electron chi connectivity index (χ3n) is 6.63. The van der Waals surface area contributed by atoms with Gasteiger partial charge in [-0.15, -0.1) is 0 Å². The van der Waals surface area contributed by atoms with Gasteiger partial charge in [-0.1, -0.05) is 0 Å². The van der Waals surface area contributed by atoms with E-state index in [1.807, 2.05) is 0 Å². The normalized spacial score (nSPS) is 10.5. The molecule has 0 heterocycles. The fraction of sp³-hybridized carbons (Fsp3) is 0.400. The summed E-state index contributed by atoms with van der Waals surface area (Å²) in [7, 11) is 16.4. The number of hydrogen-bond acceptors (Lipinski definition) is 12. The molecule has 0 N–H and O–H groups in total. The van der Waals surface area contributed by atoms with Crippen molar-refractivity contribution < 1.29 is 56.8 Å². The van der Waals surface area contributed by atoms with E-state index in [1.165, 1.54) is 85.3 Å². The highest BCUT2D eigenvalue weighted by Crippen LogP contribution is 2.58. The quantitative estimate of drug-likeness (QED) is 0.231. The van der Waals surface area contributed by atoms with Crippen molar-refractivity contribution in [2.75, 3.05) is 85.3 Å². The minimum atomic E-state index is -1.97. The van der Waals surface area contributed by atoms with Gasteiger partial charge in [0, 0.05) is 26.1 Å². The topological polar surface area (TPSA) is 111 Å². The summed E-state index contributed by atoms with van der Waals surface area (Å²) < 4.78 is 70.8. The van der Waals surface area contributed by atoms with Gasteiger partial charge < -0.3 is 56.8 Å². The Morgan fingerprint density at radius 1 is 0.279 bits per heavy atom. The van der Waals surface area contributed by atoms with Crippen molar-refractivity contribution in [3.63, 3.8) is 0 Å². The molecule has 3 aromatic rings. The SMILES string of the molecule is COc1cc(OC)c(OC)c(P(c2c(OC)c(OC)cc(OC)c2OC)c2c(OC)c(OC)cc(OC)c2OC)c1OC. The Balaban J connectivity index is 2.86. The molecule has 3 aromatic carbocycles. The van der Waals surface area contributed by atoms with E-state index >= 15 is 0 Å². The van der Waals surface area contributed by atoms with Crippen LogP contribution in [0.5, 0.6) is 69.0 Å². The molecule has 0 bridgehead atoms. The monoisotopic (exact) mass is 622 g/mol. The number of rotatable bonds is 15. The van der Waals surface area contributed by atoms with Crippen LogP contribution < -0.4 is 72.8 Å². The Labute approximate surface area is 253 Å². The zero-order chi connectivity index (χ0) is 31.8. The average molecular weight is 623 g/mol. The van der Waals surface area contributed by atoms with Crippen LogP contribution in [0.25, 0.3) is 0 Å². The van der Waals surface area contributed by atoms with E-state index in [0.717, 1.165) is 0 Å². The molecule has 3 rings (SSSR count). The van der Waals surface area contributed by atoms with Crippen LogP contribution >= 0.6 is 7.92 Å². The molecule has 0 radical (unpaired) electrons. The maximum atomic E-state index is 6.02. The van der Waals surface area contributed by atoms with Crippen molar-refractivity contribution in [2.24, 2.45) is 0 Å². The molecule has 0 fully saturated rings. The van der Waals surface area contributed by atoms with Gasteiger partial charge in [-0.2, -0.15) is 0 Å². The van der Waals surface area contributed by atoms with Crippen LogP contribution in [-0.4, -0.2) is 85.3 Å². The van der Waals surface area contributed by atoms with E-state index in [1.54, 1.807) is 18.2 Å². The van der Waals surface area contributed by atoms with Crippen molar-refractivity contribution in [1.29, 1.82) is 0 Å². The van der Waals surface area contributed by atoms with E-state index in [2.05, 4.69) is 0 Å². The predicted octanol–water partition coefficient (Wildman–Crippen LogP) is 3.55. The van der Waals surface area contributed by atoms with E-state index in [4.69, 9.17) is 56.8 Å².